The summed E-state index contributed by atoms with van der Waals surface area (Å²) in [7, 11) is 1.85. The topological polar surface area (TPSA) is 74.6 Å². The highest BCUT2D eigenvalue weighted by atomic mass is 19.1. The predicted octanol–water partition coefficient (Wildman–Crippen LogP) is 2.17. The zero-order valence-electron chi connectivity index (χ0n) is 20.2. The lowest BCUT2D eigenvalue weighted by molar-refractivity contribution is -0.137. The number of likely N-dealkylation sites (N-methyl/N-ethyl adjacent to an activating group) is 1. The van der Waals surface area contributed by atoms with Crippen LogP contribution in [-0.4, -0.2) is 87.6 Å². The summed E-state index contributed by atoms with van der Waals surface area (Å²) < 4.78 is 15.1. The van der Waals surface area contributed by atoms with Crippen molar-refractivity contribution in [2.24, 2.45) is 5.92 Å². The van der Waals surface area contributed by atoms with Crippen LogP contribution in [-0.2, 0) is 22.4 Å². The highest BCUT2D eigenvalue weighted by Gasteiger charge is 2.30. The van der Waals surface area contributed by atoms with Crippen molar-refractivity contribution in [3.63, 3.8) is 0 Å². The van der Waals surface area contributed by atoms with Crippen molar-refractivity contribution in [2.75, 3.05) is 46.3 Å². The molecule has 1 fully saturated rings. The first-order valence-corrected chi connectivity index (χ1v) is 12.3. The van der Waals surface area contributed by atoms with Crippen molar-refractivity contribution in [2.45, 2.75) is 45.1 Å². The molecule has 0 spiro atoms. The minimum Gasteiger partial charge on any atom is -0.343 e. The Balaban J connectivity index is 1.18. The molecule has 2 unspecified atom stereocenters. The number of halogens is 1. The lowest BCUT2D eigenvalue weighted by atomic mass is 9.99. The van der Waals surface area contributed by atoms with Crippen LogP contribution in [0.2, 0.25) is 0 Å². The zero-order valence-corrected chi connectivity index (χ0v) is 20.2. The number of aromatic nitrogens is 3. The van der Waals surface area contributed by atoms with Crippen LogP contribution < -0.4 is 0 Å². The Hall–Kier alpha value is -2.81. The van der Waals surface area contributed by atoms with E-state index in [-0.39, 0.29) is 29.6 Å². The van der Waals surface area contributed by atoms with E-state index in [1.807, 2.05) is 24.9 Å². The van der Waals surface area contributed by atoms with Gasteiger partial charge in [-0.05, 0) is 43.4 Å². The van der Waals surface area contributed by atoms with Crippen LogP contribution in [0.5, 0.6) is 0 Å². The van der Waals surface area contributed by atoms with Gasteiger partial charge in [0.25, 0.3) is 0 Å². The fraction of sp³-hybridized carbons (Fsp3) is 0.600. The molecule has 184 valence electrons. The molecular formula is C25H35FN6O2. The number of rotatable bonds is 8. The maximum absolute atomic E-state index is 13.4. The van der Waals surface area contributed by atoms with Gasteiger partial charge in [-0.15, -0.1) is 0 Å². The van der Waals surface area contributed by atoms with Crippen molar-refractivity contribution in [3.05, 3.63) is 47.8 Å². The van der Waals surface area contributed by atoms with Crippen molar-refractivity contribution >= 4 is 11.8 Å². The molecule has 1 aromatic heterocycles. The van der Waals surface area contributed by atoms with Gasteiger partial charge in [0.1, 0.15) is 24.0 Å². The number of carbonyl (C=O) groups excluding carboxylic acids is 2. The van der Waals surface area contributed by atoms with E-state index in [0.717, 1.165) is 50.3 Å². The number of benzene rings is 1. The molecule has 34 heavy (non-hydrogen) atoms. The molecular weight excluding hydrogens is 435 g/mol. The average Bonchev–Trinajstić information content (AvgIpc) is 3.34. The van der Waals surface area contributed by atoms with Gasteiger partial charge in [-0.25, -0.2) is 14.1 Å². The molecule has 0 aliphatic carbocycles. The molecule has 0 N–H and O–H groups in total. The van der Waals surface area contributed by atoms with E-state index in [1.165, 1.54) is 18.5 Å². The monoisotopic (exact) mass is 470 g/mol. The van der Waals surface area contributed by atoms with E-state index in [0.29, 0.717) is 32.5 Å². The predicted molar refractivity (Wildman–Crippen MR) is 127 cm³/mol. The van der Waals surface area contributed by atoms with Crippen molar-refractivity contribution in [1.82, 2.24) is 29.5 Å². The second-order valence-corrected chi connectivity index (χ2v) is 9.53. The number of piperazine rings is 1. The fourth-order valence-corrected chi connectivity index (χ4v) is 4.88. The van der Waals surface area contributed by atoms with Gasteiger partial charge in [-0.2, -0.15) is 5.10 Å². The van der Waals surface area contributed by atoms with E-state index in [9.17, 15) is 14.0 Å². The minimum absolute atomic E-state index is 0.0873. The van der Waals surface area contributed by atoms with Gasteiger partial charge in [0.05, 0.1) is 0 Å². The Bertz CT molecular complexity index is 987. The summed E-state index contributed by atoms with van der Waals surface area (Å²) >= 11 is 0. The normalized spacial score (nSPS) is 19.5. The molecule has 2 aliphatic heterocycles. The van der Waals surface area contributed by atoms with Crippen LogP contribution in [0.4, 0.5) is 4.39 Å². The third kappa shape index (κ3) is 5.81. The largest absolute Gasteiger partial charge is 0.343 e. The first-order chi connectivity index (χ1) is 16.4. The average molecular weight is 471 g/mol. The van der Waals surface area contributed by atoms with Crippen LogP contribution in [0.1, 0.15) is 43.6 Å². The molecule has 2 atom stereocenters. The highest BCUT2D eigenvalue weighted by Crippen LogP contribution is 2.24. The maximum atomic E-state index is 13.4. The molecule has 0 radical (unpaired) electrons. The second-order valence-electron chi connectivity index (χ2n) is 9.53. The maximum Gasteiger partial charge on any atom is 0.247 e. The standard InChI is InChI=1S/C25H35FN6O2/c1-19(9-10-20-5-3-6-21(26)17-20)24(33)31-15-13-30(14-16-31)12-11-29(2)25(34)22-7-4-8-23-27-18-28-32(22)23/h3,5-6,17-19,22H,4,7-16H2,1-2H3. The van der Waals surface area contributed by atoms with Gasteiger partial charge in [-0.1, -0.05) is 19.1 Å². The summed E-state index contributed by atoms with van der Waals surface area (Å²) in [5.41, 5.74) is 0.927. The molecule has 9 heteroatoms. The third-order valence-corrected chi connectivity index (χ3v) is 7.09. The van der Waals surface area contributed by atoms with Gasteiger partial charge in [0.2, 0.25) is 11.8 Å². The molecule has 0 saturated carbocycles. The Labute approximate surface area is 200 Å². The van der Waals surface area contributed by atoms with Crippen LogP contribution in [0.15, 0.2) is 30.6 Å². The summed E-state index contributed by atoms with van der Waals surface area (Å²) in [6.45, 7) is 6.41. The first kappa shape index (κ1) is 24.3. The molecule has 4 rings (SSSR count). The molecule has 2 amide bonds. The van der Waals surface area contributed by atoms with E-state index in [4.69, 9.17) is 0 Å². The zero-order chi connectivity index (χ0) is 24.1. The van der Waals surface area contributed by atoms with Crippen molar-refractivity contribution in [3.8, 4) is 0 Å². The number of amides is 2. The van der Waals surface area contributed by atoms with Crippen LogP contribution in [0, 0.1) is 11.7 Å². The Kier molecular flexibility index (Phi) is 7.92. The van der Waals surface area contributed by atoms with Gasteiger partial charge >= 0.3 is 0 Å². The molecule has 0 bridgehead atoms. The van der Waals surface area contributed by atoms with Gasteiger partial charge in [0, 0.05) is 58.7 Å². The van der Waals surface area contributed by atoms with Crippen LogP contribution in [0.25, 0.3) is 0 Å². The van der Waals surface area contributed by atoms with Gasteiger partial charge < -0.3 is 9.80 Å². The first-order valence-electron chi connectivity index (χ1n) is 12.3. The second kappa shape index (κ2) is 11.1. The number of carbonyl (C=O) groups is 2. The molecule has 1 aromatic carbocycles. The minimum atomic E-state index is -0.250. The van der Waals surface area contributed by atoms with Crippen LogP contribution in [0.3, 0.4) is 0 Å². The summed E-state index contributed by atoms with van der Waals surface area (Å²) in [5.74, 6) is 0.832. The lowest BCUT2D eigenvalue weighted by Crippen LogP contribution is -2.51. The Morgan fingerprint density at radius 1 is 1.24 bits per heavy atom. The van der Waals surface area contributed by atoms with E-state index in [2.05, 4.69) is 15.0 Å². The van der Waals surface area contributed by atoms with Crippen molar-refractivity contribution < 1.29 is 14.0 Å². The van der Waals surface area contributed by atoms with E-state index < -0.39 is 0 Å². The number of fused-ring (bicyclic) bond motifs is 1. The van der Waals surface area contributed by atoms with Crippen molar-refractivity contribution in [1.29, 1.82) is 0 Å². The number of hydrogen-bond acceptors (Lipinski definition) is 5. The lowest BCUT2D eigenvalue weighted by Gasteiger charge is -2.37. The third-order valence-electron chi connectivity index (χ3n) is 7.09. The SMILES string of the molecule is CC(CCc1cccc(F)c1)C(=O)N1CCN(CCN(C)C(=O)C2CCCc3ncnn32)CC1. The van der Waals surface area contributed by atoms with Crippen LogP contribution >= 0.6 is 0 Å². The summed E-state index contributed by atoms with van der Waals surface area (Å²) in [6.07, 6.45) is 5.58. The summed E-state index contributed by atoms with van der Waals surface area (Å²) in [6, 6.07) is 6.34. The van der Waals surface area contributed by atoms with Gasteiger partial charge in [0.15, 0.2) is 0 Å². The molecule has 3 heterocycles. The number of aryl methyl sites for hydroxylation is 2. The molecule has 8 nitrogen and oxygen atoms in total. The Morgan fingerprint density at radius 3 is 2.79 bits per heavy atom. The molecule has 2 aliphatic rings. The number of nitrogens with zero attached hydrogens (tertiary/aromatic N) is 6. The summed E-state index contributed by atoms with van der Waals surface area (Å²) in [4.78, 5) is 36.2. The summed E-state index contributed by atoms with van der Waals surface area (Å²) in [5, 5.41) is 4.26. The molecule has 2 aromatic rings. The molecule has 1 saturated heterocycles. The smallest absolute Gasteiger partial charge is 0.247 e. The highest BCUT2D eigenvalue weighted by molar-refractivity contribution is 5.80. The van der Waals surface area contributed by atoms with Gasteiger partial charge in [-0.3, -0.25) is 14.5 Å². The quantitative estimate of drug-likeness (QED) is 0.591. The fourth-order valence-electron chi connectivity index (χ4n) is 4.88. The Morgan fingerprint density at radius 2 is 2.03 bits per heavy atom. The van der Waals surface area contributed by atoms with E-state index >= 15 is 0 Å². The number of hydrogen-bond donors (Lipinski definition) is 0. The van der Waals surface area contributed by atoms with E-state index in [1.54, 1.807) is 15.6 Å².